The number of methoxy groups -OCH3 is 1. The second-order valence-electron chi connectivity index (χ2n) is 6.07. The molecule has 1 aliphatic heterocycles. The van der Waals surface area contributed by atoms with E-state index in [2.05, 4.69) is 22.1 Å². The lowest BCUT2D eigenvalue weighted by atomic mass is 10.1. The van der Waals surface area contributed by atoms with Crippen LogP contribution in [0.4, 0.5) is 0 Å². The van der Waals surface area contributed by atoms with Crippen LogP contribution in [0.25, 0.3) is 0 Å². The van der Waals surface area contributed by atoms with Crippen LogP contribution in [0, 0.1) is 5.92 Å². The number of nitrogens with one attached hydrogen (secondary N) is 1. The number of likely N-dealkylation sites (tertiary alicyclic amines) is 1. The summed E-state index contributed by atoms with van der Waals surface area (Å²) >= 11 is 0. The van der Waals surface area contributed by atoms with E-state index in [1.165, 1.54) is 0 Å². The normalized spacial score (nSPS) is 19.5. The minimum absolute atomic E-state index is 0.575. The molecular weight excluding hydrogens is 322 g/mol. The third kappa shape index (κ3) is 6.24. The maximum absolute atomic E-state index is 12.2. The third-order valence-electron chi connectivity index (χ3n) is 4.07. The SMILES string of the molecule is CCNC(=NCCS(=O)Cc1ccccc1)N1CCC(COC)C1. The summed E-state index contributed by atoms with van der Waals surface area (Å²) in [4.78, 5) is 6.95. The van der Waals surface area contributed by atoms with Crippen LogP contribution in [0.2, 0.25) is 0 Å². The first-order chi connectivity index (χ1) is 11.7. The van der Waals surface area contributed by atoms with Gasteiger partial charge >= 0.3 is 0 Å². The summed E-state index contributed by atoms with van der Waals surface area (Å²) in [5.41, 5.74) is 1.12. The van der Waals surface area contributed by atoms with Crippen molar-refractivity contribution in [1.82, 2.24) is 10.2 Å². The van der Waals surface area contributed by atoms with Crippen LogP contribution in [-0.4, -0.2) is 60.7 Å². The number of hydrogen-bond acceptors (Lipinski definition) is 3. The van der Waals surface area contributed by atoms with Gasteiger partial charge in [0.15, 0.2) is 5.96 Å². The van der Waals surface area contributed by atoms with E-state index in [4.69, 9.17) is 4.74 Å². The highest BCUT2D eigenvalue weighted by atomic mass is 32.2. The molecule has 0 aromatic heterocycles. The average molecular weight is 352 g/mol. The van der Waals surface area contributed by atoms with Gasteiger partial charge in [0.2, 0.25) is 0 Å². The number of benzene rings is 1. The minimum atomic E-state index is -0.876. The summed E-state index contributed by atoms with van der Waals surface area (Å²) in [7, 11) is 0.878. The van der Waals surface area contributed by atoms with Crippen molar-refractivity contribution < 1.29 is 8.95 Å². The van der Waals surface area contributed by atoms with Crippen molar-refractivity contribution in [3.8, 4) is 0 Å². The lowest BCUT2D eigenvalue weighted by Gasteiger charge is -2.21. The molecule has 0 bridgehead atoms. The summed E-state index contributed by atoms with van der Waals surface area (Å²) in [6.07, 6.45) is 1.14. The van der Waals surface area contributed by atoms with Crippen molar-refractivity contribution in [2.24, 2.45) is 10.9 Å². The lowest BCUT2D eigenvalue weighted by molar-refractivity contribution is 0.157. The largest absolute Gasteiger partial charge is 0.384 e. The van der Waals surface area contributed by atoms with Crippen LogP contribution in [0.5, 0.6) is 0 Å². The van der Waals surface area contributed by atoms with E-state index in [0.29, 0.717) is 24.0 Å². The second kappa shape index (κ2) is 10.5. The van der Waals surface area contributed by atoms with Gasteiger partial charge in [0, 0.05) is 55.0 Å². The fraction of sp³-hybridized carbons (Fsp3) is 0.611. The first kappa shape index (κ1) is 18.9. The Balaban J connectivity index is 1.81. The average Bonchev–Trinajstić information content (AvgIpc) is 3.04. The van der Waals surface area contributed by atoms with E-state index in [0.717, 1.165) is 44.2 Å². The Bertz CT molecular complexity index is 536. The summed E-state index contributed by atoms with van der Waals surface area (Å²) in [6, 6.07) is 9.98. The Labute approximate surface area is 147 Å². The Morgan fingerprint density at radius 3 is 2.92 bits per heavy atom. The maximum Gasteiger partial charge on any atom is 0.193 e. The van der Waals surface area contributed by atoms with E-state index >= 15 is 0 Å². The Morgan fingerprint density at radius 2 is 2.21 bits per heavy atom. The van der Waals surface area contributed by atoms with Crippen LogP contribution in [0.1, 0.15) is 18.9 Å². The van der Waals surface area contributed by atoms with Crippen LogP contribution in [0.15, 0.2) is 35.3 Å². The monoisotopic (exact) mass is 351 g/mol. The van der Waals surface area contributed by atoms with E-state index < -0.39 is 10.8 Å². The zero-order chi connectivity index (χ0) is 17.2. The quantitative estimate of drug-likeness (QED) is 0.574. The molecule has 2 rings (SSSR count). The summed E-state index contributed by atoms with van der Waals surface area (Å²) in [5, 5.41) is 3.35. The Morgan fingerprint density at radius 1 is 1.42 bits per heavy atom. The van der Waals surface area contributed by atoms with E-state index in [-0.39, 0.29) is 0 Å². The molecule has 1 aromatic rings. The number of nitrogens with zero attached hydrogens (tertiary/aromatic N) is 2. The smallest absolute Gasteiger partial charge is 0.193 e. The zero-order valence-electron chi connectivity index (χ0n) is 14.7. The molecule has 1 saturated heterocycles. The molecule has 0 spiro atoms. The number of ether oxygens (including phenoxy) is 1. The van der Waals surface area contributed by atoms with Gasteiger partial charge in [-0.25, -0.2) is 0 Å². The van der Waals surface area contributed by atoms with E-state index in [1.807, 2.05) is 30.3 Å². The highest BCUT2D eigenvalue weighted by molar-refractivity contribution is 7.84. The summed E-state index contributed by atoms with van der Waals surface area (Å²) in [6.45, 7) is 6.30. The van der Waals surface area contributed by atoms with Gasteiger partial charge in [-0.2, -0.15) is 0 Å². The van der Waals surface area contributed by atoms with Gasteiger partial charge in [-0.3, -0.25) is 9.20 Å². The predicted octanol–water partition coefficient (Wildman–Crippen LogP) is 1.87. The van der Waals surface area contributed by atoms with Gasteiger partial charge in [-0.15, -0.1) is 0 Å². The molecule has 1 aliphatic rings. The lowest BCUT2D eigenvalue weighted by Crippen LogP contribution is -2.40. The van der Waals surface area contributed by atoms with Crippen LogP contribution in [-0.2, 0) is 21.3 Å². The van der Waals surface area contributed by atoms with Crippen molar-refractivity contribution >= 4 is 16.8 Å². The molecule has 1 heterocycles. The topological polar surface area (TPSA) is 53.9 Å². The zero-order valence-corrected chi connectivity index (χ0v) is 15.6. The fourth-order valence-corrected chi connectivity index (χ4v) is 3.91. The second-order valence-corrected chi connectivity index (χ2v) is 7.64. The Kier molecular flexibility index (Phi) is 8.25. The molecule has 2 unspecified atom stereocenters. The molecule has 134 valence electrons. The first-order valence-electron chi connectivity index (χ1n) is 8.64. The highest BCUT2D eigenvalue weighted by Gasteiger charge is 2.24. The van der Waals surface area contributed by atoms with Crippen molar-refractivity contribution in [2.45, 2.75) is 19.1 Å². The maximum atomic E-state index is 12.2. The molecule has 0 radical (unpaired) electrons. The summed E-state index contributed by atoms with van der Waals surface area (Å²) < 4.78 is 17.5. The number of guanidine groups is 1. The Hall–Kier alpha value is -1.40. The molecule has 0 aliphatic carbocycles. The molecule has 1 N–H and O–H groups in total. The number of hydrogen-bond donors (Lipinski definition) is 1. The summed E-state index contributed by atoms with van der Waals surface area (Å²) in [5.74, 6) is 2.71. The molecule has 0 amide bonds. The molecular formula is C18H29N3O2S. The number of rotatable bonds is 8. The van der Waals surface area contributed by atoms with Crippen molar-refractivity contribution in [3.05, 3.63) is 35.9 Å². The minimum Gasteiger partial charge on any atom is -0.384 e. The number of aliphatic imine (C=N–C) groups is 1. The predicted molar refractivity (Wildman–Crippen MR) is 101 cm³/mol. The van der Waals surface area contributed by atoms with Gasteiger partial charge in [0.1, 0.15) is 0 Å². The highest BCUT2D eigenvalue weighted by Crippen LogP contribution is 2.16. The molecule has 6 heteroatoms. The van der Waals surface area contributed by atoms with Crippen molar-refractivity contribution in [3.63, 3.8) is 0 Å². The van der Waals surface area contributed by atoms with E-state index in [1.54, 1.807) is 7.11 Å². The first-order valence-corrected chi connectivity index (χ1v) is 10.1. The molecule has 2 atom stereocenters. The van der Waals surface area contributed by atoms with Gasteiger partial charge in [-0.05, 0) is 18.9 Å². The van der Waals surface area contributed by atoms with Crippen LogP contribution in [0.3, 0.4) is 0 Å². The van der Waals surface area contributed by atoms with Gasteiger partial charge < -0.3 is 15.0 Å². The molecule has 0 saturated carbocycles. The van der Waals surface area contributed by atoms with Gasteiger partial charge in [0.05, 0.1) is 13.2 Å². The van der Waals surface area contributed by atoms with Gasteiger partial charge in [-0.1, -0.05) is 30.3 Å². The molecule has 5 nitrogen and oxygen atoms in total. The standard InChI is InChI=1S/C18H29N3O2S/c1-3-19-18(21-11-9-17(13-21)14-23-2)20-10-12-24(22)15-16-7-5-4-6-8-16/h4-8,17H,3,9-15H2,1-2H3,(H,19,20). The molecule has 1 fully saturated rings. The van der Waals surface area contributed by atoms with E-state index in [9.17, 15) is 4.21 Å². The van der Waals surface area contributed by atoms with Gasteiger partial charge in [0.25, 0.3) is 0 Å². The molecule has 1 aromatic carbocycles. The van der Waals surface area contributed by atoms with Crippen molar-refractivity contribution in [2.75, 3.05) is 45.6 Å². The van der Waals surface area contributed by atoms with Crippen molar-refractivity contribution in [1.29, 1.82) is 0 Å². The fourth-order valence-electron chi connectivity index (χ4n) is 2.91. The van der Waals surface area contributed by atoms with Crippen LogP contribution < -0.4 is 5.32 Å². The molecule has 24 heavy (non-hydrogen) atoms. The van der Waals surface area contributed by atoms with Crippen LogP contribution >= 0.6 is 0 Å². The third-order valence-corrected chi connectivity index (χ3v) is 5.37.